The average molecular weight is 1020 g/mol. The summed E-state index contributed by atoms with van der Waals surface area (Å²) in [5, 5.41) is 3.06. The lowest BCUT2D eigenvalue weighted by atomic mass is 10.0. The molecule has 0 aromatic rings. The summed E-state index contributed by atoms with van der Waals surface area (Å²) in [7, 11) is 1.51. The fourth-order valence-electron chi connectivity index (χ4n) is 9.11. The van der Waals surface area contributed by atoms with Gasteiger partial charge in [0.15, 0.2) is 0 Å². The number of esters is 1. The number of unbranched alkanes of at least 4 members (excludes halogenated alkanes) is 38. The van der Waals surface area contributed by atoms with Crippen LogP contribution in [0.1, 0.15) is 303 Å². The minimum absolute atomic E-state index is 0.0427. The fourth-order valence-corrected chi connectivity index (χ4v) is 9.85. The van der Waals surface area contributed by atoms with Gasteiger partial charge in [-0.25, -0.2) is 4.57 Å². The highest BCUT2D eigenvalue weighted by Gasteiger charge is 2.30. The normalized spacial score (nSPS) is 13.8. The molecule has 0 aromatic heterocycles. The van der Waals surface area contributed by atoms with Crippen molar-refractivity contribution in [2.24, 2.45) is 0 Å². The summed E-state index contributed by atoms with van der Waals surface area (Å²) in [5.41, 5.74) is 0. The molecular formula is C61H120N2O7P+. The molecule has 0 aliphatic heterocycles. The standard InChI is InChI=1S/C61H119N2O7P/c1-7-10-13-16-19-22-25-27-29-31-33-35-38-41-44-47-50-53-60(64)62-58(57-69-71(66,67)68-56-55-63(4,5)6)59(52-49-46-43-40-37-24-21-18-15-12-9-3)70-61(65)54-51-48-45-42-39-36-34-32-30-28-26-23-20-17-14-11-8-2/h27,29,49,52,58-59H,7-26,28,30-48,50-51,53-57H2,1-6H3,(H-,62,64,66,67)/p+1/b29-27+,52-49+. The van der Waals surface area contributed by atoms with Gasteiger partial charge >= 0.3 is 13.8 Å². The number of quaternary nitrogens is 1. The zero-order valence-corrected chi connectivity index (χ0v) is 48.9. The minimum Gasteiger partial charge on any atom is -0.456 e. The molecule has 0 aromatic carbocycles. The molecule has 0 aliphatic carbocycles. The number of ether oxygens (including phenoxy) is 1. The van der Waals surface area contributed by atoms with E-state index in [1.807, 2.05) is 33.3 Å². The number of likely N-dealkylation sites (N-methyl/N-ethyl adjacent to an activating group) is 1. The highest BCUT2D eigenvalue weighted by Crippen LogP contribution is 2.43. The van der Waals surface area contributed by atoms with Crippen LogP contribution in [0.3, 0.4) is 0 Å². The second kappa shape index (κ2) is 52.0. The summed E-state index contributed by atoms with van der Waals surface area (Å²) in [4.78, 5) is 37.6. The summed E-state index contributed by atoms with van der Waals surface area (Å²) in [6, 6.07) is -0.844. The number of carbonyl (C=O) groups excluding carboxylic acids is 2. The number of phosphoric ester groups is 1. The molecule has 0 spiro atoms. The van der Waals surface area contributed by atoms with Crippen molar-refractivity contribution in [1.82, 2.24) is 5.32 Å². The summed E-state index contributed by atoms with van der Waals surface area (Å²) >= 11 is 0. The van der Waals surface area contributed by atoms with E-state index in [4.69, 9.17) is 13.8 Å². The Bertz CT molecular complexity index is 1270. The molecule has 0 fully saturated rings. The van der Waals surface area contributed by atoms with E-state index < -0.39 is 20.0 Å². The largest absolute Gasteiger partial charge is 0.472 e. The zero-order valence-electron chi connectivity index (χ0n) is 48.0. The highest BCUT2D eigenvalue weighted by atomic mass is 31.2. The molecule has 3 unspecified atom stereocenters. The molecule has 9 nitrogen and oxygen atoms in total. The van der Waals surface area contributed by atoms with Crippen LogP contribution in [0.4, 0.5) is 0 Å². The first kappa shape index (κ1) is 69.5. The maximum absolute atomic E-state index is 13.5. The molecule has 10 heteroatoms. The molecule has 0 bridgehead atoms. The van der Waals surface area contributed by atoms with Gasteiger partial charge in [-0.15, -0.1) is 0 Å². The average Bonchev–Trinajstić information content (AvgIpc) is 3.33. The second-order valence-electron chi connectivity index (χ2n) is 22.2. The van der Waals surface area contributed by atoms with Crippen molar-refractivity contribution in [3.63, 3.8) is 0 Å². The summed E-state index contributed by atoms with van der Waals surface area (Å²) in [6.07, 6.45) is 60.2. The van der Waals surface area contributed by atoms with Crippen molar-refractivity contribution in [3.8, 4) is 0 Å². The van der Waals surface area contributed by atoms with Crippen LogP contribution in [-0.4, -0.2) is 74.3 Å². The van der Waals surface area contributed by atoms with Gasteiger partial charge in [-0.1, -0.05) is 257 Å². The Labute approximate surface area is 441 Å². The number of hydrogen-bond acceptors (Lipinski definition) is 6. The monoisotopic (exact) mass is 1020 g/mol. The van der Waals surface area contributed by atoms with E-state index in [-0.39, 0.29) is 25.1 Å². The Morgan fingerprint density at radius 2 is 0.817 bits per heavy atom. The predicted octanol–water partition coefficient (Wildman–Crippen LogP) is 18.6. The first-order valence-corrected chi connectivity index (χ1v) is 32.2. The van der Waals surface area contributed by atoms with Gasteiger partial charge in [0.05, 0.1) is 33.8 Å². The Kier molecular flexibility index (Phi) is 50.8. The van der Waals surface area contributed by atoms with Crippen LogP contribution in [-0.2, 0) is 27.9 Å². The van der Waals surface area contributed by atoms with Crippen LogP contribution in [0.15, 0.2) is 24.3 Å². The molecular weight excluding hydrogens is 904 g/mol. The minimum atomic E-state index is -4.44. The molecule has 71 heavy (non-hydrogen) atoms. The predicted molar refractivity (Wildman–Crippen MR) is 305 cm³/mol. The van der Waals surface area contributed by atoms with Crippen LogP contribution >= 0.6 is 7.82 Å². The molecule has 2 N–H and O–H groups in total. The molecule has 0 rings (SSSR count). The van der Waals surface area contributed by atoms with Crippen molar-refractivity contribution < 1.29 is 37.3 Å². The van der Waals surface area contributed by atoms with Crippen molar-refractivity contribution in [1.29, 1.82) is 0 Å². The van der Waals surface area contributed by atoms with Gasteiger partial charge < -0.3 is 19.4 Å². The third-order valence-corrected chi connectivity index (χ3v) is 14.9. The van der Waals surface area contributed by atoms with Gasteiger partial charge in [0, 0.05) is 12.8 Å². The van der Waals surface area contributed by atoms with Gasteiger partial charge in [0.1, 0.15) is 19.3 Å². The quantitative estimate of drug-likeness (QED) is 0.0205. The van der Waals surface area contributed by atoms with Gasteiger partial charge in [0.2, 0.25) is 5.91 Å². The summed E-state index contributed by atoms with van der Waals surface area (Å²) < 4.78 is 30.7. The molecule has 1 amide bonds. The number of rotatable bonds is 56. The number of hydrogen-bond donors (Lipinski definition) is 2. The number of amides is 1. The van der Waals surface area contributed by atoms with Crippen LogP contribution < -0.4 is 5.32 Å². The molecule has 420 valence electrons. The van der Waals surface area contributed by atoms with Crippen molar-refractivity contribution >= 4 is 19.7 Å². The van der Waals surface area contributed by atoms with E-state index in [1.165, 1.54) is 212 Å². The Morgan fingerprint density at radius 1 is 0.479 bits per heavy atom. The van der Waals surface area contributed by atoms with E-state index in [9.17, 15) is 19.0 Å². The van der Waals surface area contributed by atoms with E-state index >= 15 is 0 Å². The van der Waals surface area contributed by atoms with Gasteiger partial charge in [-0.3, -0.25) is 18.6 Å². The van der Waals surface area contributed by atoms with Crippen molar-refractivity contribution in [2.45, 2.75) is 315 Å². The van der Waals surface area contributed by atoms with Crippen molar-refractivity contribution in [3.05, 3.63) is 24.3 Å². The smallest absolute Gasteiger partial charge is 0.456 e. The van der Waals surface area contributed by atoms with Crippen LogP contribution in [0.25, 0.3) is 0 Å². The lowest BCUT2D eigenvalue weighted by molar-refractivity contribution is -0.870. The van der Waals surface area contributed by atoms with Crippen LogP contribution in [0, 0.1) is 0 Å². The summed E-state index contributed by atoms with van der Waals surface area (Å²) in [6.45, 7) is 7.04. The van der Waals surface area contributed by atoms with Crippen LogP contribution in [0.2, 0.25) is 0 Å². The highest BCUT2D eigenvalue weighted by molar-refractivity contribution is 7.47. The Morgan fingerprint density at radius 3 is 1.20 bits per heavy atom. The molecule has 0 heterocycles. The third kappa shape index (κ3) is 53.1. The number of allylic oxidation sites excluding steroid dienone is 3. The van der Waals surface area contributed by atoms with E-state index in [1.54, 1.807) is 0 Å². The maximum Gasteiger partial charge on any atom is 0.472 e. The topological polar surface area (TPSA) is 111 Å². The first-order valence-electron chi connectivity index (χ1n) is 30.7. The lowest BCUT2D eigenvalue weighted by Gasteiger charge is -2.27. The lowest BCUT2D eigenvalue weighted by Crippen LogP contribution is -2.47. The SMILES string of the molecule is CCCCCCCC/C=C/CCCCCCCCCC(=O)NC(COP(=O)(O)OCC[N+](C)(C)C)C(/C=C/CCCCCCCCCCC)OC(=O)CCCCCCCCCCCCCCCCCCC. The van der Waals surface area contributed by atoms with Gasteiger partial charge in [-0.05, 0) is 57.4 Å². The zero-order chi connectivity index (χ0) is 52.2. The van der Waals surface area contributed by atoms with E-state index in [0.717, 1.165) is 57.8 Å². The molecule has 0 aliphatic rings. The Balaban J connectivity index is 5.22. The van der Waals surface area contributed by atoms with Gasteiger partial charge in [0.25, 0.3) is 0 Å². The molecule has 0 radical (unpaired) electrons. The van der Waals surface area contributed by atoms with E-state index in [2.05, 4.69) is 38.2 Å². The molecule has 3 atom stereocenters. The Hall–Kier alpha value is -1.51. The number of nitrogens with one attached hydrogen (secondary N) is 1. The van der Waals surface area contributed by atoms with E-state index in [0.29, 0.717) is 23.9 Å². The third-order valence-electron chi connectivity index (χ3n) is 13.9. The molecule has 0 saturated heterocycles. The first-order chi connectivity index (χ1) is 34.4. The molecule has 0 saturated carbocycles. The number of phosphoric acid groups is 1. The maximum atomic E-state index is 13.5. The van der Waals surface area contributed by atoms with Gasteiger partial charge in [-0.2, -0.15) is 0 Å². The van der Waals surface area contributed by atoms with Crippen molar-refractivity contribution in [2.75, 3.05) is 40.9 Å². The second-order valence-corrected chi connectivity index (χ2v) is 23.7. The number of carbonyl (C=O) groups is 2. The van der Waals surface area contributed by atoms with Crippen LogP contribution in [0.5, 0.6) is 0 Å². The number of nitrogens with zero attached hydrogens (tertiary/aromatic N) is 1. The fraction of sp³-hybridized carbons (Fsp3) is 0.902. The summed E-state index contributed by atoms with van der Waals surface area (Å²) in [5.74, 6) is -0.495.